The Morgan fingerprint density at radius 1 is 1.45 bits per heavy atom. The summed E-state index contributed by atoms with van der Waals surface area (Å²) in [6, 6.07) is 0. The predicted octanol–water partition coefficient (Wildman–Crippen LogP) is 3.75. The smallest absolute Gasteiger partial charge is 0.342 e. The van der Waals surface area contributed by atoms with E-state index in [1.165, 1.54) is 5.56 Å². The molecule has 0 bridgehead atoms. The van der Waals surface area contributed by atoms with Gasteiger partial charge in [0.2, 0.25) is 0 Å². The Hall–Kier alpha value is -0.760. The highest BCUT2D eigenvalue weighted by molar-refractivity contribution is 14.2. The van der Waals surface area contributed by atoms with Crippen molar-refractivity contribution in [1.29, 1.82) is 0 Å². The molecule has 1 aliphatic carbocycles. The molecule has 0 unspecified atom stereocenters. The number of carbonyl (C=O) groups is 2. The summed E-state index contributed by atoms with van der Waals surface area (Å²) in [6.45, 7) is 2.87. The monoisotopic (exact) mass is 432 g/mol. The van der Waals surface area contributed by atoms with Crippen molar-refractivity contribution in [2.24, 2.45) is 0 Å². The van der Waals surface area contributed by atoms with Crippen LogP contribution < -0.4 is 4.74 Å². The van der Waals surface area contributed by atoms with Gasteiger partial charge in [-0.3, -0.25) is 0 Å². The summed E-state index contributed by atoms with van der Waals surface area (Å²) in [4.78, 5) is 23.3. The first-order valence-corrected chi connectivity index (χ1v) is 10.9. The molecule has 4 nitrogen and oxygen atoms in total. The van der Waals surface area contributed by atoms with Crippen molar-refractivity contribution in [3.05, 3.63) is 27.8 Å². The average molecular weight is 432 g/mol. The van der Waals surface area contributed by atoms with Crippen LogP contribution in [-0.2, 0) is 22.6 Å². The molecule has 1 aliphatic heterocycles. The normalized spacial score (nSPS) is 16.4. The molecule has 0 spiro atoms. The molecule has 1 aromatic rings. The fourth-order valence-corrected chi connectivity index (χ4v) is 3.82. The third kappa shape index (κ3) is 2.87. The quantitative estimate of drug-likeness (QED) is 0.284. The number of esters is 1. The zero-order chi connectivity index (χ0) is 15.7. The van der Waals surface area contributed by atoms with E-state index < -0.39 is 0 Å². The number of cyclic esters (lactones) is 1. The molecule has 0 radical (unpaired) electrons. The van der Waals surface area contributed by atoms with Gasteiger partial charge in [0.25, 0.3) is 0 Å². The topological polar surface area (TPSA) is 52.6 Å². The molecular formula is C16H17IO4S. The van der Waals surface area contributed by atoms with E-state index in [2.05, 4.69) is 21.2 Å². The Labute approximate surface area is 145 Å². The molecule has 0 amide bonds. The SMILES string of the molecule is Cc1c2c(c(OCCSI)c(CC=O)c1C1CC1)C(=O)OC2. The number of rotatable bonds is 7. The minimum absolute atomic E-state index is 0.292. The van der Waals surface area contributed by atoms with Crippen LogP contribution >= 0.6 is 30.1 Å². The highest BCUT2D eigenvalue weighted by Crippen LogP contribution is 2.49. The number of benzene rings is 1. The van der Waals surface area contributed by atoms with Crippen molar-refractivity contribution in [2.45, 2.75) is 38.7 Å². The fourth-order valence-electron chi connectivity index (χ4n) is 3.14. The van der Waals surface area contributed by atoms with Crippen LogP contribution in [0.3, 0.4) is 0 Å². The molecular weight excluding hydrogens is 415 g/mol. The summed E-state index contributed by atoms with van der Waals surface area (Å²) >= 11 is 2.22. The summed E-state index contributed by atoms with van der Waals surface area (Å²) in [5.41, 5.74) is 4.69. The van der Waals surface area contributed by atoms with Gasteiger partial charge in [-0.25, -0.2) is 4.79 Å². The van der Waals surface area contributed by atoms with E-state index in [0.717, 1.165) is 41.6 Å². The number of halogens is 1. The number of fused-ring (bicyclic) bond motifs is 1. The third-order valence-corrected chi connectivity index (χ3v) is 5.86. The Morgan fingerprint density at radius 3 is 2.86 bits per heavy atom. The molecule has 1 fully saturated rings. The fraction of sp³-hybridized carbons (Fsp3) is 0.500. The molecule has 118 valence electrons. The van der Waals surface area contributed by atoms with Crippen LogP contribution in [0.25, 0.3) is 0 Å². The maximum atomic E-state index is 12.1. The second kappa shape index (κ2) is 6.78. The minimum Gasteiger partial charge on any atom is -0.491 e. The molecule has 2 aliphatic rings. The number of hydrogen-bond donors (Lipinski definition) is 0. The Bertz CT molecular complexity index is 625. The van der Waals surface area contributed by atoms with E-state index in [-0.39, 0.29) is 5.97 Å². The Morgan fingerprint density at radius 2 is 2.23 bits per heavy atom. The number of carbonyl (C=O) groups excluding carboxylic acids is 2. The first-order chi connectivity index (χ1) is 10.7. The van der Waals surface area contributed by atoms with Crippen molar-refractivity contribution >= 4 is 42.4 Å². The van der Waals surface area contributed by atoms with E-state index in [1.54, 1.807) is 8.93 Å². The van der Waals surface area contributed by atoms with Gasteiger partial charge in [0.05, 0.1) is 6.61 Å². The van der Waals surface area contributed by atoms with Crippen LogP contribution in [-0.4, -0.2) is 24.6 Å². The van der Waals surface area contributed by atoms with Gasteiger partial charge in [-0.2, -0.15) is 0 Å². The molecule has 0 aromatic heterocycles. The van der Waals surface area contributed by atoms with Crippen molar-refractivity contribution in [2.75, 3.05) is 12.4 Å². The summed E-state index contributed by atoms with van der Waals surface area (Å²) in [7, 11) is 1.66. The molecule has 22 heavy (non-hydrogen) atoms. The van der Waals surface area contributed by atoms with Gasteiger partial charge in [0.1, 0.15) is 24.2 Å². The van der Waals surface area contributed by atoms with Crippen molar-refractivity contribution in [3.63, 3.8) is 0 Å². The van der Waals surface area contributed by atoms with E-state index in [4.69, 9.17) is 9.47 Å². The molecule has 1 aromatic carbocycles. The van der Waals surface area contributed by atoms with Crippen molar-refractivity contribution in [1.82, 2.24) is 0 Å². The van der Waals surface area contributed by atoms with E-state index >= 15 is 0 Å². The van der Waals surface area contributed by atoms with E-state index in [1.807, 2.05) is 6.92 Å². The van der Waals surface area contributed by atoms with Crippen LogP contribution in [0.4, 0.5) is 0 Å². The van der Waals surface area contributed by atoms with Gasteiger partial charge in [-0.1, -0.05) is 8.93 Å². The Kier molecular flexibility index (Phi) is 4.97. The first-order valence-electron chi connectivity index (χ1n) is 7.34. The molecule has 6 heteroatoms. The lowest BCUT2D eigenvalue weighted by atomic mass is 9.88. The van der Waals surface area contributed by atoms with Crippen molar-refractivity contribution in [3.8, 4) is 5.75 Å². The lowest BCUT2D eigenvalue weighted by Gasteiger charge is -2.19. The largest absolute Gasteiger partial charge is 0.491 e. The lowest BCUT2D eigenvalue weighted by Crippen LogP contribution is -2.11. The third-order valence-electron chi connectivity index (χ3n) is 4.22. The molecule has 3 rings (SSSR count). The summed E-state index contributed by atoms with van der Waals surface area (Å²) < 4.78 is 11.2. The maximum Gasteiger partial charge on any atom is 0.342 e. The van der Waals surface area contributed by atoms with Crippen LogP contribution in [0.1, 0.15) is 51.4 Å². The standard InChI is InChI=1S/C16H17IO4S/c1-9-12-8-21-16(19)14(12)15(20-6-7-22-17)11(4-5-18)13(9)10-2-3-10/h5,10H,2-4,6-8H2,1H3. The minimum atomic E-state index is -0.329. The van der Waals surface area contributed by atoms with Gasteiger partial charge in [-0.05, 0) is 58.0 Å². The molecule has 1 heterocycles. The zero-order valence-corrected chi connectivity index (χ0v) is 15.3. The lowest BCUT2D eigenvalue weighted by molar-refractivity contribution is -0.107. The zero-order valence-electron chi connectivity index (χ0n) is 12.3. The van der Waals surface area contributed by atoms with Crippen LogP contribution in [0.5, 0.6) is 5.75 Å². The number of ether oxygens (including phenoxy) is 2. The maximum absolute atomic E-state index is 12.1. The first kappa shape index (κ1) is 16.1. The van der Waals surface area contributed by atoms with Gasteiger partial charge in [-0.15, -0.1) is 0 Å². The average Bonchev–Trinajstić information content (AvgIpc) is 3.26. The van der Waals surface area contributed by atoms with E-state index in [0.29, 0.717) is 36.9 Å². The Balaban J connectivity index is 2.14. The molecule has 1 saturated carbocycles. The second-order valence-electron chi connectivity index (χ2n) is 5.58. The molecule has 0 N–H and O–H groups in total. The van der Waals surface area contributed by atoms with Crippen molar-refractivity contribution < 1.29 is 19.1 Å². The number of aldehydes is 1. The summed E-state index contributed by atoms with van der Waals surface area (Å²) in [5.74, 6) is 1.59. The van der Waals surface area contributed by atoms with Gasteiger partial charge < -0.3 is 14.3 Å². The summed E-state index contributed by atoms with van der Waals surface area (Å²) in [5, 5.41) is 0. The highest BCUT2D eigenvalue weighted by Gasteiger charge is 2.37. The predicted molar refractivity (Wildman–Crippen MR) is 94.0 cm³/mol. The van der Waals surface area contributed by atoms with E-state index in [9.17, 15) is 9.59 Å². The van der Waals surface area contributed by atoms with Gasteiger partial charge >= 0.3 is 5.97 Å². The van der Waals surface area contributed by atoms with Crippen LogP contribution in [0, 0.1) is 6.92 Å². The molecule has 0 saturated heterocycles. The second-order valence-corrected chi connectivity index (χ2v) is 8.08. The number of hydrogen-bond acceptors (Lipinski definition) is 5. The van der Waals surface area contributed by atoms with Gasteiger partial charge in [0.15, 0.2) is 0 Å². The summed E-state index contributed by atoms with van der Waals surface area (Å²) in [6.07, 6.45) is 3.47. The van der Waals surface area contributed by atoms with Gasteiger partial charge in [0, 0.05) is 23.3 Å². The van der Waals surface area contributed by atoms with Crippen LogP contribution in [0.2, 0.25) is 0 Å². The van der Waals surface area contributed by atoms with Crippen LogP contribution in [0.15, 0.2) is 0 Å². The molecule has 0 atom stereocenters. The highest BCUT2D eigenvalue weighted by atomic mass is 127.